The Morgan fingerprint density at radius 2 is 2.14 bits per heavy atom. The fourth-order valence-corrected chi connectivity index (χ4v) is 3.63. The number of hydrogen-bond donors (Lipinski definition) is 2. The van der Waals surface area contributed by atoms with Gasteiger partial charge in [0.2, 0.25) is 5.91 Å². The normalized spacial score (nSPS) is 20.5. The molecule has 2 aromatic rings. The van der Waals surface area contributed by atoms with Gasteiger partial charge in [-0.15, -0.1) is 0 Å². The van der Waals surface area contributed by atoms with E-state index in [1.54, 1.807) is 24.1 Å². The molecule has 2 aliphatic heterocycles. The van der Waals surface area contributed by atoms with Gasteiger partial charge in [-0.1, -0.05) is 23.9 Å². The molecule has 0 aliphatic carbocycles. The van der Waals surface area contributed by atoms with Gasteiger partial charge in [0, 0.05) is 10.5 Å². The maximum atomic E-state index is 12.2. The fraction of sp³-hybridized carbons (Fsp3) is 0.125. The van der Waals surface area contributed by atoms with Crippen LogP contribution in [0.4, 0.5) is 5.69 Å². The Balaban J connectivity index is 1.61. The number of benzene rings is 1. The summed E-state index contributed by atoms with van der Waals surface area (Å²) in [7, 11) is 0. The van der Waals surface area contributed by atoms with Crippen LogP contribution in [0.2, 0.25) is 0 Å². The van der Waals surface area contributed by atoms with E-state index in [4.69, 9.17) is 9.83 Å². The number of nitrogens with one attached hydrogen (secondary N) is 2. The van der Waals surface area contributed by atoms with Gasteiger partial charge in [0.15, 0.2) is 0 Å². The molecule has 1 fully saturated rings. The first kappa shape index (κ1) is 13.2. The van der Waals surface area contributed by atoms with Crippen LogP contribution in [0, 0.1) is 5.41 Å². The Labute approximate surface area is 131 Å². The molecule has 0 spiro atoms. The molecule has 5 nitrogen and oxygen atoms in total. The van der Waals surface area contributed by atoms with Gasteiger partial charge in [0.25, 0.3) is 0 Å². The van der Waals surface area contributed by atoms with Crippen LogP contribution in [0.15, 0.2) is 62.6 Å². The Morgan fingerprint density at radius 1 is 1.27 bits per heavy atom. The van der Waals surface area contributed by atoms with E-state index in [1.807, 2.05) is 30.3 Å². The summed E-state index contributed by atoms with van der Waals surface area (Å²) in [5, 5.41) is 12.5. The summed E-state index contributed by atoms with van der Waals surface area (Å²) in [6.45, 7) is 0.305. The quantitative estimate of drug-likeness (QED) is 0.891. The fourth-order valence-electron chi connectivity index (χ4n) is 2.59. The number of para-hydroxylation sites is 1. The third-order valence-electron chi connectivity index (χ3n) is 3.70. The highest BCUT2D eigenvalue weighted by atomic mass is 32.2. The lowest BCUT2D eigenvalue weighted by molar-refractivity contribution is -0.126. The lowest BCUT2D eigenvalue weighted by Crippen LogP contribution is -2.28. The van der Waals surface area contributed by atoms with Crippen molar-refractivity contribution in [2.75, 3.05) is 5.32 Å². The summed E-state index contributed by atoms with van der Waals surface area (Å²) >= 11 is 1.57. The van der Waals surface area contributed by atoms with E-state index in [1.165, 1.54) is 4.90 Å². The van der Waals surface area contributed by atoms with Crippen LogP contribution >= 0.6 is 11.8 Å². The maximum Gasteiger partial charge on any atom is 0.233 e. The summed E-state index contributed by atoms with van der Waals surface area (Å²) in [4.78, 5) is 14.8. The summed E-state index contributed by atoms with van der Waals surface area (Å²) in [5.41, 5.74) is 1.78. The number of amidine groups is 1. The average Bonchev–Trinajstić information content (AvgIpc) is 3.22. The number of fused-ring (bicyclic) bond motifs is 1. The number of amides is 1. The monoisotopic (exact) mass is 311 g/mol. The van der Waals surface area contributed by atoms with Crippen LogP contribution in [0.1, 0.15) is 12.2 Å². The van der Waals surface area contributed by atoms with E-state index in [9.17, 15) is 4.79 Å². The molecule has 4 rings (SSSR count). The largest absolute Gasteiger partial charge is 0.467 e. The zero-order chi connectivity index (χ0) is 15.1. The van der Waals surface area contributed by atoms with Crippen LogP contribution in [0.25, 0.3) is 0 Å². The number of carbonyl (C=O) groups is 1. The van der Waals surface area contributed by atoms with Crippen molar-refractivity contribution in [1.82, 2.24) is 4.90 Å². The van der Waals surface area contributed by atoms with Crippen molar-refractivity contribution in [1.29, 1.82) is 5.41 Å². The number of likely N-dealkylation sites (tertiary alicyclic amines) is 1. The van der Waals surface area contributed by atoms with E-state index in [0.717, 1.165) is 21.2 Å². The Morgan fingerprint density at radius 3 is 2.91 bits per heavy atom. The minimum atomic E-state index is -0.0674. The van der Waals surface area contributed by atoms with Gasteiger partial charge in [0.1, 0.15) is 11.6 Å². The lowest BCUT2D eigenvalue weighted by Gasteiger charge is -2.14. The molecule has 22 heavy (non-hydrogen) atoms. The molecule has 2 N–H and O–H groups in total. The van der Waals surface area contributed by atoms with Crippen molar-refractivity contribution in [2.45, 2.75) is 17.9 Å². The molecule has 3 heterocycles. The number of furan rings is 1. The second kappa shape index (κ2) is 5.06. The van der Waals surface area contributed by atoms with Crippen LogP contribution in [0.3, 0.4) is 0 Å². The van der Waals surface area contributed by atoms with E-state index in [-0.39, 0.29) is 18.2 Å². The first-order valence-corrected chi connectivity index (χ1v) is 7.73. The smallest absolute Gasteiger partial charge is 0.233 e. The van der Waals surface area contributed by atoms with Gasteiger partial charge >= 0.3 is 0 Å². The molecule has 1 aromatic carbocycles. The third kappa shape index (κ3) is 2.12. The molecule has 0 atom stereocenters. The van der Waals surface area contributed by atoms with Crippen molar-refractivity contribution in [3.63, 3.8) is 0 Å². The van der Waals surface area contributed by atoms with E-state index in [0.29, 0.717) is 12.3 Å². The van der Waals surface area contributed by atoms with Crippen LogP contribution in [0.5, 0.6) is 0 Å². The van der Waals surface area contributed by atoms with Crippen LogP contribution in [-0.2, 0) is 11.3 Å². The molecule has 0 saturated carbocycles. The number of thioether (sulfide) groups is 1. The summed E-state index contributed by atoms with van der Waals surface area (Å²) < 4.78 is 5.28. The van der Waals surface area contributed by atoms with Crippen molar-refractivity contribution < 1.29 is 9.21 Å². The van der Waals surface area contributed by atoms with E-state index < -0.39 is 0 Å². The number of carbonyl (C=O) groups excluding carboxylic acids is 1. The number of hydrogen-bond acceptors (Lipinski definition) is 5. The number of anilines is 1. The van der Waals surface area contributed by atoms with Gasteiger partial charge < -0.3 is 9.73 Å². The molecular formula is C16H13N3O2S. The molecule has 6 heteroatoms. The lowest BCUT2D eigenvalue weighted by atomic mass is 10.2. The molecule has 1 aromatic heterocycles. The third-order valence-corrected chi connectivity index (χ3v) is 4.83. The number of nitrogens with zero attached hydrogens (tertiary/aromatic N) is 1. The molecule has 1 saturated heterocycles. The maximum absolute atomic E-state index is 12.2. The number of rotatable bonds is 2. The van der Waals surface area contributed by atoms with Crippen LogP contribution in [-0.4, -0.2) is 16.6 Å². The molecule has 2 aliphatic rings. The molecular weight excluding hydrogens is 298 g/mol. The van der Waals surface area contributed by atoms with Gasteiger partial charge in [-0.25, -0.2) is 0 Å². The van der Waals surface area contributed by atoms with Crippen molar-refractivity contribution in [3.8, 4) is 0 Å². The SMILES string of the molecule is N=C1/C(=C2\Nc3ccccc3S2)CC(=O)N1Cc1ccco1. The second-order valence-corrected chi connectivity index (χ2v) is 6.17. The predicted molar refractivity (Wildman–Crippen MR) is 84.5 cm³/mol. The van der Waals surface area contributed by atoms with Gasteiger partial charge in [-0.2, -0.15) is 0 Å². The summed E-state index contributed by atoms with van der Waals surface area (Å²) in [6, 6.07) is 11.6. The van der Waals surface area contributed by atoms with E-state index >= 15 is 0 Å². The van der Waals surface area contributed by atoms with Gasteiger partial charge in [-0.05, 0) is 24.3 Å². The minimum absolute atomic E-state index is 0.0674. The zero-order valence-electron chi connectivity index (χ0n) is 11.6. The highest BCUT2D eigenvalue weighted by Gasteiger charge is 2.35. The molecule has 110 valence electrons. The topological polar surface area (TPSA) is 69.3 Å². The molecule has 0 unspecified atom stereocenters. The average molecular weight is 311 g/mol. The zero-order valence-corrected chi connectivity index (χ0v) is 12.4. The van der Waals surface area contributed by atoms with Crippen LogP contribution < -0.4 is 5.32 Å². The minimum Gasteiger partial charge on any atom is -0.467 e. The van der Waals surface area contributed by atoms with Gasteiger partial charge in [-0.3, -0.25) is 15.1 Å². The van der Waals surface area contributed by atoms with Crippen molar-refractivity contribution >= 4 is 29.2 Å². The Kier molecular flexibility index (Phi) is 3.04. The first-order chi connectivity index (χ1) is 10.7. The van der Waals surface area contributed by atoms with Crippen molar-refractivity contribution in [2.24, 2.45) is 0 Å². The van der Waals surface area contributed by atoms with Crippen molar-refractivity contribution in [3.05, 3.63) is 59.0 Å². The first-order valence-electron chi connectivity index (χ1n) is 6.91. The standard InChI is InChI=1S/C16H13N3O2S/c17-15-11(16-18-12-5-1-2-6-13(12)22-16)8-14(20)19(15)9-10-4-3-7-21-10/h1-7,17-18H,8-9H2/b16-11+,17-15?. The predicted octanol–water partition coefficient (Wildman–Crippen LogP) is 3.42. The summed E-state index contributed by atoms with van der Waals surface area (Å²) in [6.07, 6.45) is 1.83. The highest BCUT2D eigenvalue weighted by Crippen LogP contribution is 2.43. The van der Waals surface area contributed by atoms with E-state index in [2.05, 4.69) is 5.32 Å². The molecule has 0 radical (unpaired) electrons. The highest BCUT2D eigenvalue weighted by molar-refractivity contribution is 8.03. The molecule has 0 bridgehead atoms. The Bertz CT molecular complexity index is 768. The van der Waals surface area contributed by atoms with Gasteiger partial charge in [0.05, 0.1) is 29.9 Å². The Hall–Kier alpha value is -2.47. The second-order valence-electron chi connectivity index (χ2n) is 5.12. The molecule has 1 amide bonds. The summed E-state index contributed by atoms with van der Waals surface area (Å²) in [5.74, 6) is 0.867.